The number of aromatic nitrogens is 1. The van der Waals surface area contributed by atoms with Crippen molar-refractivity contribution in [2.45, 2.75) is 18.9 Å². The van der Waals surface area contributed by atoms with Crippen molar-refractivity contribution in [3.05, 3.63) is 18.3 Å². The lowest BCUT2D eigenvalue weighted by Gasteiger charge is -2.15. The Bertz CT molecular complexity index is 325. The Balaban J connectivity index is 1.73. The number of ether oxygens (including phenoxy) is 1. The molecular formula is C11H17N3O. The van der Waals surface area contributed by atoms with E-state index in [1.54, 1.807) is 12.3 Å². The Morgan fingerprint density at radius 2 is 2.40 bits per heavy atom. The second-order valence-electron chi connectivity index (χ2n) is 3.98. The van der Waals surface area contributed by atoms with Crippen LogP contribution in [0, 0.1) is 0 Å². The van der Waals surface area contributed by atoms with Crippen molar-refractivity contribution in [1.82, 2.24) is 9.88 Å². The molecule has 2 rings (SSSR count). The van der Waals surface area contributed by atoms with E-state index in [-0.39, 0.29) is 0 Å². The summed E-state index contributed by atoms with van der Waals surface area (Å²) < 4.78 is 5.57. The van der Waals surface area contributed by atoms with Crippen LogP contribution in [0.3, 0.4) is 0 Å². The maximum absolute atomic E-state index is 5.57. The van der Waals surface area contributed by atoms with Crippen LogP contribution < -0.4 is 10.5 Å². The van der Waals surface area contributed by atoms with Crippen LogP contribution in [0.5, 0.6) is 5.75 Å². The smallest absolute Gasteiger partial charge is 0.126 e. The van der Waals surface area contributed by atoms with Crippen LogP contribution in [-0.4, -0.2) is 36.1 Å². The molecule has 1 aromatic heterocycles. The average molecular weight is 207 g/mol. The molecule has 4 heteroatoms. The van der Waals surface area contributed by atoms with E-state index in [0.717, 1.165) is 18.3 Å². The first kappa shape index (κ1) is 10.2. The zero-order chi connectivity index (χ0) is 10.7. The predicted molar refractivity (Wildman–Crippen MR) is 59.8 cm³/mol. The minimum Gasteiger partial charge on any atom is -0.492 e. The van der Waals surface area contributed by atoms with Crippen molar-refractivity contribution in [2.75, 3.05) is 25.9 Å². The van der Waals surface area contributed by atoms with Crippen molar-refractivity contribution < 1.29 is 4.74 Å². The molecule has 0 aliphatic heterocycles. The quantitative estimate of drug-likeness (QED) is 0.786. The molecule has 0 spiro atoms. The van der Waals surface area contributed by atoms with E-state index >= 15 is 0 Å². The molecule has 1 fully saturated rings. The highest BCUT2D eigenvalue weighted by molar-refractivity contribution is 5.35. The summed E-state index contributed by atoms with van der Waals surface area (Å²) in [5.41, 5.74) is 5.55. The van der Waals surface area contributed by atoms with Gasteiger partial charge in [-0.25, -0.2) is 4.98 Å². The van der Waals surface area contributed by atoms with Gasteiger partial charge in [-0.3, -0.25) is 0 Å². The lowest BCUT2D eigenvalue weighted by atomic mass is 10.4. The third-order valence-corrected chi connectivity index (χ3v) is 2.64. The topological polar surface area (TPSA) is 51.4 Å². The highest BCUT2D eigenvalue weighted by Gasteiger charge is 2.25. The number of pyridine rings is 1. The summed E-state index contributed by atoms with van der Waals surface area (Å²) in [6.45, 7) is 1.67. The van der Waals surface area contributed by atoms with Crippen LogP contribution in [0.25, 0.3) is 0 Å². The fourth-order valence-corrected chi connectivity index (χ4v) is 1.52. The molecule has 1 aromatic rings. The summed E-state index contributed by atoms with van der Waals surface area (Å²) in [4.78, 5) is 6.25. The molecule has 0 bridgehead atoms. The van der Waals surface area contributed by atoms with E-state index in [1.165, 1.54) is 12.8 Å². The van der Waals surface area contributed by atoms with Gasteiger partial charge in [-0.05, 0) is 26.0 Å². The highest BCUT2D eigenvalue weighted by atomic mass is 16.5. The van der Waals surface area contributed by atoms with Gasteiger partial charge in [0.2, 0.25) is 0 Å². The molecule has 0 saturated heterocycles. The van der Waals surface area contributed by atoms with Gasteiger partial charge in [0.15, 0.2) is 0 Å². The molecule has 0 atom stereocenters. The predicted octanol–water partition coefficient (Wildman–Crippen LogP) is 1.14. The molecular weight excluding hydrogens is 190 g/mol. The molecule has 82 valence electrons. The first-order chi connectivity index (χ1) is 7.25. The molecule has 1 heterocycles. The first-order valence-corrected chi connectivity index (χ1v) is 5.30. The fourth-order valence-electron chi connectivity index (χ4n) is 1.52. The first-order valence-electron chi connectivity index (χ1n) is 5.30. The van der Waals surface area contributed by atoms with Gasteiger partial charge in [0.1, 0.15) is 18.2 Å². The van der Waals surface area contributed by atoms with Crippen molar-refractivity contribution in [3.63, 3.8) is 0 Å². The van der Waals surface area contributed by atoms with Crippen molar-refractivity contribution >= 4 is 5.82 Å². The SMILES string of the molecule is CN(CCOc1ccnc(N)c1)C1CC1. The molecule has 4 nitrogen and oxygen atoms in total. The van der Waals surface area contributed by atoms with Gasteiger partial charge in [0.25, 0.3) is 0 Å². The summed E-state index contributed by atoms with van der Waals surface area (Å²) in [6.07, 6.45) is 4.33. The van der Waals surface area contributed by atoms with Crippen molar-refractivity contribution in [2.24, 2.45) is 0 Å². The highest BCUT2D eigenvalue weighted by Crippen LogP contribution is 2.24. The van der Waals surface area contributed by atoms with Crippen LogP contribution in [0.4, 0.5) is 5.82 Å². The second kappa shape index (κ2) is 4.49. The van der Waals surface area contributed by atoms with Gasteiger partial charge in [-0.2, -0.15) is 0 Å². The normalized spacial score (nSPS) is 15.6. The average Bonchev–Trinajstić information content (AvgIpc) is 3.00. The lowest BCUT2D eigenvalue weighted by Crippen LogP contribution is -2.26. The van der Waals surface area contributed by atoms with Crippen LogP contribution >= 0.6 is 0 Å². The Morgan fingerprint density at radius 1 is 1.60 bits per heavy atom. The molecule has 0 aromatic carbocycles. The van der Waals surface area contributed by atoms with E-state index in [2.05, 4.69) is 16.9 Å². The standard InChI is InChI=1S/C11H17N3O/c1-14(9-2-3-9)6-7-15-10-4-5-13-11(12)8-10/h4-5,8-9H,2-3,6-7H2,1H3,(H2,12,13). The summed E-state index contributed by atoms with van der Waals surface area (Å²) in [5, 5.41) is 0. The summed E-state index contributed by atoms with van der Waals surface area (Å²) in [7, 11) is 2.14. The van der Waals surface area contributed by atoms with Gasteiger partial charge in [-0.1, -0.05) is 0 Å². The van der Waals surface area contributed by atoms with Gasteiger partial charge >= 0.3 is 0 Å². The second-order valence-corrected chi connectivity index (χ2v) is 3.98. The van der Waals surface area contributed by atoms with E-state index in [0.29, 0.717) is 12.4 Å². The van der Waals surface area contributed by atoms with Crippen LogP contribution in [-0.2, 0) is 0 Å². The van der Waals surface area contributed by atoms with E-state index < -0.39 is 0 Å². The van der Waals surface area contributed by atoms with Crippen LogP contribution in [0.1, 0.15) is 12.8 Å². The Hall–Kier alpha value is -1.29. The number of nitrogens with two attached hydrogens (primary N) is 1. The maximum Gasteiger partial charge on any atom is 0.126 e. The molecule has 1 saturated carbocycles. The number of hydrogen-bond acceptors (Lipinski definition) is 4. The van der Waals surface area contributed by atoms with Crippen LogP contribution in [0.2, 0.25) is 0 Å². The van der Waals surface area contributed by atoms with E-state index in [9.17, 15) is 0 Å². The number of nitrogen functional groups attached to an aromatic ring is 1. The summed E-state index contributed by atoms with van der Waals surface area (Å²) in [6, 6.07) is 4.36. The van der Waals surface area contributed by atoms with Crippen molar-refractivity contribution in [1.29, 1.82) is 0 Å². The third-order valence-electron chi connectivity index (χ3n) is 2.64. The minimum absolute atomic E-state index is 0.503. The number of likely N-dealkylation sites (N-methyl/N-ethyl adjacent to an activating group) is 1. The Kier molecular flexibility index (Phi) is 3.06. The van der Waals surface area contributed by atoms with Gasteiger partial charge in [0.05, 0.1) is 0 Å². The molecule has 1 aliphatic rings. The summed E-state index contributed by atoms with van der Waals surface area (Å²) in [5.74, 6) is 1.30. The largest absolute Gasteiger partial charge is 0.492 e. The van der Waals surface area contributed by atoms with Gasteiger partial charge < -0.3 is 15.4 Å². The number of nitrogens with zero attached hydrogens (tertiary/aromatic N) is 2. The molecule has 1 aliphatic carbocycles. The monoisotopic (exact) mass is 207 g/mol. The molecule has 0 amide bonds. The van der Waals surface area contributed by atoms with Gasteiger partial charge in [0, 0.05) is 24.8 Å². The number of anilines is 1. The number of hydrogen-bond donors (Lipinski definition) is 1. The fraction of sp³-hybridized carbons (Fsp3) is 0.545. The van der Waals surface area contributed by atoms with Crippen LogP contribution in [0.15, 0.2) is 18.3 Å². The zero-order valence-electron chi connectivity index (χ0n) is 9.02. The van der Waals surface area contributed by atoms with E-state index in [1.807, 2.05) is 6.07 Å². The lowest BCUT2D eigenvalue weighted by molar-refractivity contribution is 0.232. The number of rotatable bonds is 5. The van der Waals surface area contributed by atoms with Gasteiger partial charge in [-0.15, -0.1) is 0 Å². The molecule has 2 N–H and O–H groups in total. The Morgan fingerprint density at radius 3 is 3.07 bits per heavy atom. The van der Waals surface area contributed by atoms with E-state index in [4.69, 9.17) is 10.5 Å². The zero-order valence-corrected chi connectivity index (χ0v) is 9.02. The third kappa shape index (κ3) is 3.09. The molecule has 15 heavy (non-hydrogen) atoms. The Labute approximate surface area is 90.0 Å². The van der Waals surface area contributed by atoms with Crippen molar-refractivity contribution in [3.8, 4) is 5.75 Å². The summed E-state index contributed by atoms with van der Waals surface area (Å²) >= 11 is 0. The molecule has 0 unspecified atom stereocenters. The maximum atomic E-state index is 5.57. The molecule has 0 radical (unpaired) electrons. The minimum atomic E-state index is 0.503.